The number of benzene rings is 2. The first kappa shape index (κ1) is 21.7. The van der Waals surface area contributed by atoms with Crippen molar-refractivity contribution in [1.29, 1.82) is 0 Å². The molecule has 0 unspecified atom stereocenters. The lowest BCUT2D eigenvalue weighted by molar-refractivity contribution is -0.140. The van der Waals surface area contributed by atoms with Crippen molar-refractivity contribution in [3.8, 4) is 0 Å². The molecule has 6 heteroatoms. The van der Waals surface area contributed by atoms with E-state index >= 15 is 0 Å². The van der Waals surface area contributed by atoms with E-state index < -0.39 is 6.04 Å². The molecular formula is C23H26Cl2N2O2. The van der Waals surface area contributed by atoms with E-state index in [-0.39, 0.29) is 30.8 Å². The highest BCUT2D eigenvalue weighted by molar-refractivity contribution is 6.31. The van der Waals surface area contributed by atoms with Crippen LogP contribution in [0.4, 0.5) is 0 Å². The Morgan fingerprint density at radius 1 is 1.07 bits per heavy atom. The van der Waals surface area contributed by atoms with Crippen molar-refractivity contribution in [3.63, 3.8) is 0 Å². The maximum Gasteiger partial charge on any atom is 0.242 e. The normalized spacial score (nSPS) is 15.1. The zero-order valence-corrected chi connectivity index (χ0v) is 18.0. The predicted molar refractivity (Wildman–Crippen MR) is 117 cm³/mol. The van der Waals surface area contributed by atoms with Gasteiger partial charge in [-0.1, -0.05) is 66.4 Å². The molecule has 0 radical (unpaired) electrons. The minimum Gasteiger partial charge on any atom is -0.352 e. The molecule has 0 heterocycles. The zero-order valence-electron chi connectivity index (χ0n) is 16.5. The number of hydrogen-bond donors (Lipinski definition) is 1. The Labute approximate surface area is 182 Å². The van der Waals surface area contributed by atoms with E-state index in [2.05, 4.69) is 5.32 Å². The smallest absolute Gasteiger partial charge is 0.242 e. The molecular weight excluding hydrogens is 407 g/mol. The Morgan fingerprint density at radius 2 is 1.72 bits per heavy atom. The second-order valence-corrected chi connectivity index (χ2v) is 8.43. The van der Waals surface area contributed by atoms with Crippen molar-refractivity contribution in [2.45, 2.75) is 57.7 Å². The summed E-state index contributed by atoms with van der Waals surface area (Å²) < 4.78 is 0. The van der Waals surface area contributed by atoms with Gasteiger partial charge in [-0.2, -0.15) is 0 Å². The van der Waals surface area contributed by atoms with Crippen LogP contribution < -0.4 is 5.32 Å². The molecule has 1 aliphatic rings. The fourth-order valence-corrected chi connectivity index (χ4v) is 3.98. The maximum atomic E-state index is 13.2. The zero-order chi connectivity index (χ0) is 20.8. The van der Waals surface area contributed by atoms with Gasteiger partial charge >= 0.3 is 0 Å². The molecule has 2 amide bonds. The Bertz CT molecular complexity index is 848. The Hall–Kier alpha value is -2.04. The summed E-state index contributed by atoms with van der Waals surface area (Å²) in [5, 5.41) is 4.31. The third-order valence-corrected chi connectivity index (χ3v) is 6.06. The van der Waals surface area contributed by atoms with Gasteiger partial charge < -0.3 is 10.2 Å². The van der Waals surface area contributed by atoms with E-state index in [4.69, 9.17) is 23.2 Å². The highest BCUT2D eigenvalue weighted by Gasteiger charge is 2.28. The maximum absolute atomic E-state index is 13.2. The van der Waals surface area contributed by atoms with Crippen molar-refractivity contribution in [2.24, 2.45) is 0 Å². The lowest BCUT2D eigenvalue weighted by Crippen LogP contribution is -2.50. The van der Waals surface area contributed by atoms with Crippen LogP contribution in [-0.2, 0) is 22.6 Å². The van der Waals surface area contributed by atoms with Crippen LogP contribution in [0.25, 0.3) is 0 Å². The lowest BCUT2D eigenvalue weighted by Gasteiger charge is -2.30. The van der Waals surface area contributed by atoms with Crippen LogP contribution in [0.5, 0.6) is 0 Å². The molecule has 1 aliphatic carbocycles. The van der Waals surface area contributed by atoms with Gasteiger partial charge in [0.1, 0.15) is 6.04 Å². The Kier molecular flexibility index (Phi) is 7.57. The molecule has 29 heavy (non-hydrogen) atoms. The molecule has 1 atom stereocenters. The highest BCUT2D eigenvalue weighted by Crippen LogP contribution is 2.21. The van der Waals surface area contributed by atoms with Crippen LogP contribution in [-0.4, -0.2) is 28.8 Å². The standard InChI is InChI=1S/C23H26Cl2N2O2/c1-16(23(29)26-20-7-3-4-8-20)27(15-18-6-2-5-9-21(18)25)22(28)14-17-10-12-19(24)13-11-17/h2,5-6,9-13,16,20H,3-4,7-8,14-15H2,1H3,(H,26,29)/t16-/m1/s1. The van der Waals surface area contributed by atoms with E-state index in [9.17, 15) is 9.59 Å². The minimum absolute atomic E-state index is 0.117. The van der Waals surface area contributed by atoms with E-state index in [0.29, 0.717) is 10.0 Å². The number of carbonyl (C=O) groups excluding carboxylic acids is 2. The van der Waals surface area contributed by atoms with Crippen LogP contribution >= 0.6 is 23.2 Å². The quantitative estimate of drug-likeness (QED) is 0.667. The molecule has 2 aromatic carbocycles. The number of halogens is 2. The van der Waals surface area contributed by atoms with Gasteiger partial charge in [0.15, 0.2) is 0 Å². The topological polar surface area (TPSA) is 49.4 Å². The third kappa shape index (κ3) is 5.97. The molecule has 3 rings (SSSR count). The molecule has 0 aromatic heterocycles. The van der Waals surface area contributed by atoms with Crippen molar-refractivity contribution >= 4 is 35.0 Å². The highest BCUT2D eigenvalue weighted by atomic mass is 35.5. The minimum atomic E-state index is -0.591. The third-order valence-electron chi connectivity index (χ3n) is 5.44. The van der Waals surface area contributed by atoms with Crippen LogP contribution in [0.1, 0.15) is 43.7 Å². The number of rotatable bonds is 7. The van der Waals surface area contributed by atoms with Gasteiger partial charge in [-0.3, -0.25) is 9.59 Å². The van der Waals surface area contributed by atoms with Crippen LogP contribution in [0.2, 0.25) is 10.0 Å². The van der Waals surface area contributed by atoms with Gasteiger partial charge in [0, 0.05) is 22.6 Å². The van der Waals surface area contributed by atoms with Crippen molar-refractivity contribution in [2.75, 3.05) is 0 Å². The molecule has 1 N–H and O–H groups in total. The SMILES string of the molecule is C[C@H](C(=O)NC1CCCC1)N(Cc1ccccc1Cl)C(=O)Cc1ccc(Cl)cc1. The molecule has 0 aliphatic heterocycles. The number of carbonyl (C=O) groups is 2. The molecule has 4 nitrogen and oxygen atoms in total. The first-order valence-corrected chi connectivity index (χ1v) is 10.8. The Balaban J connectivity index is 1.77. The molecule has 2 aromatic rings. The van der Waals surface area contributed by atoms with Gasteiger partial charge in [-0.15, -0.1) is 0 Å². The van der Waals surface area contributed by atoms with Gasteiger partial charge in [-0.25, -0.2) is 0 Å². The van der Waals surface area contributed by atoms with Crippen LogP contribution in [0.15, 0.2) is 48.5 Å². The summed E-state index contributed by atoms with van der Waals surface area (Å²) in [5.74, 6) is -0.241. The molecule has 0 bridgehead atoms. The first-order valence-electron chi connectivity index (χ1n) is 10.0. The van der Waals surface area contributed by atoms with Gasteiger partial charge in [0.2, 0.25) is 11.8 Å². The summed E-state index contributed by atoms with van der Waals surface area (Å²) >= 11 is 12.3. The van der Waals surface area contributed by atoms with E-state index in [0.717, 1.165) is 36.8 Å². The summed E-state index contributed by atoms with van der Waals surface area (Å²) in [6, 6.07) is 14.2. The van der Waals surface area contributed by atoms with E-state index in [1.54, 1.807) is 30.0 Å². The molecule has 0 saturated heterocycles. The first-order chi connectivity index (χ1) is 13.9. The summed E-state index contributed by atoms with van der Waals surface area (Å²) in [6.45, 7) is 2.06. The average molecular weight is 433 g/mol. The number of nitrogens with one attached hydrogen (secondary N) is 1. The molecule has 0 spiro atoms. The van der Waals surface area contributed by atoms with Gasteiger partial charge in [-0.05, 0) is 49.1 Å². The molecule has 154 valence electrons. The fourth-order valence-electron chi connectivity index (χ4n) is 3.66. The summed E-state index contributed by atoms with van der Waals surface area (Å²) in [6.07, 6.45) is 4.47. The molecule has 1 fully saturated rings. The Morgan fingerprint density at radius 3 is 2.38 bits per heavy atom. The van der Waals surface area contributed by atoms with Crippen molar-refractivity contribution in [1.82, 2.24) is 10.2 Å². The van der Waals surface area contributed by atoms with Crippen molar-refractivity contribution in [3.05, 3.63) is 69.7 Å². The van der Waals surface area contributed by atoms with Crippen LogP contribution in [0.3, 0.4) is 0 Å². The van der Waals surface area contributed by atoms with Gasteiger partial charge in [0.05, 0.1) is 6.42 Å². The molecule has 1 saturated carbocycles. The summed E-state index contributed by atoms with van der Waals surface area (Å²) in [7, 11) is 0. The number of hydrogen-bond acceptors (Lipinski definition) is 2. The number of nitrogens with zero attached hydrogens (tertiary/aromatic N) is 1. The summed E-state index contributed by atoms with van der Waals surface area (Å²) in [5.41, 5.74) is 1.67. The summed E-state index contributed by atoms with van der Waals surface area (Å²) in [4.78, 5) is 27.6. The number of amides is 2. The van der Waals surface area contributed by atoms with Gasteiger partial charge in [0.25, 0.3) is 0 Å². The lowest BCUT2D eigenvalue weighted by atomic mass is 10.1. The second kappa shape index (κ2) is 10.1. The van der Waals surface area contributed by atoms with Crippen molar-refractivity contribution < 1.29 is 9.59 Å². The van der Waals surface area contributed by atoms with E-state index in [1.807, 2.05) is 30.3 Å². The monoisotopic (exact) mass is 432 g/mol. The largest absolute Gasteiger partial charge is 0.352 e. The average Bonchev–Trinajstić information content (AvgIpc) is 3.21. The van der Waals surface area contributed by atoms with E-state index in [1.165, 1.54) is 0 Å². The fraction of sp³-hybridized carbons (Fsp3) is 0.391. The van der Waals surface area contributed by atoms with Crippen LogP contribution in [0, 0.1) is 0 Å². The second-order valence-electron chi connectivity index (χ2n) is 7.58. The predicted octanol–water partition coefficient (Wildman–Crippen LogP) is 5.01.